The number of hydrogen-bond donors (Lipinski definition) is 1. The van der Waals surface area contributed by atoms with Crippen LogP contribution in [-0.2, 0) is 0 Å². The van der Waals surface area contributed by atoms with Gasteiger partial charge in [0, 0.05) is 25.8 Å². The quantitative estimate of drug-likeness (QED) is 0.901. The number of nitrogens with zero attached hydrogens (tertiary/aromatic N) is 2. The summed E-state index contributed by atoms with van der Waals surface area (Å²) in [5, 5.41) is 3.58. The van der Waals surface area contributed by atoms with E-state index in [1.807, 2.05) is 12.3 Å². The van der Waals surface area contributed by atoms with Gasteiger partial charge in [-0.1, -0.05) is 37.3 Å². The molecule has 0 saturated carbocycles. The van der Waals surface area contributed by atoms with Crippen molar-refractivity contribution in [3.8, 4) is 0 Å². The molecular weight excluding hydrogens is 258 g/mol. The number of aromatic nitrogens is 1. The second-order valence-corrected chi connectivity index (χ2v) is 5.76. The van der Waals surface area contributed by atoms with Gasteiger partial charge in [0.25, 0.3) is 0 Å². The smallest absolute Gasteiger partial charge is 0.151 e. The van der Waals surface area contributed by atoms with E-state index < -0.39 is 0 Å². The van der Waals surface area contributed by atoms with E-state index in [1.54, 1.807) is 0 Å². The Bertz CT molecular complexity index is 562. The van der Waals surface area contributed by atoms with Crippen molar-refractivity contribution >= 4 is 11.5 Å². The minimum absolute atomic E-state index is 0.484. The Balaban J connectivity index is 1.68. The van der Waals surface area contributed by atoms with Gasteiger partial charge in [-0.25, -0.2) is 4.98 Å². The van der Waals surface area contributed by atoms with Crippen LogP contribution in [-0.4, -0.2) is 24.6 Å². The minimum atomic E-state index is 0.484. The van der Waals surface area contributed by atoms with Gasteiger partial charge in [-0.15, -0.1) is 0 Å². The van der Waals surface area contributed by atoms with Crippen LogP contribution in [0.1, 0.15) is 31.2 Å². The molecule has 1 fully saturated rings. The summed E-state index contributed by atoms with van der Waals surface area (Å²) in [6.45, 7) is 5.44. The molecule has 2 aromatic rings. The molecule has 21 heavy (non-hydrogen) atoms. The highest BCUT2D eigenvalue weighted by molar-refractivity contribution is 5.65. The molecule has 0 aliphatic carbocycles. The average Bonchev–Trinajstić information content (AvgIpc) is 3.08. The van der Waals surface area contributed by atoms with Gasteiger partial charge in [0.1, 0.15) is 0 Å². The van der Waals surface area contributed by atoms with Crippen molar-refractivity contribution in [1.82, 2.24) is 4.98 Å². The van der Waals surface area contributed by atoms with Crippen molar-refractivity contribution in [2.75, 3.05) is 29.9 Å². The molecule has 0 spiro atoms. The maximum Gasteiger partial charge on any atom is 0.151 e. The lowest BCUT2D eigenvalue weighted by atomic mass is 10.0. The molecule has 3 nitrogen and oxygen atoms in total. The highest BCUT2D eigenvalue weighted by Gasteiger charge is 2.17. The van der Waals surface area contributed by atoms with Crippen LogP contribution in [0.15, 0.2) is 48.7 Å². The normalized spacial score (nSPS) is 16.0. The SMILES string of the molecule is CC(CNc1cccnc1N1CCCC1)c1ccccc1. The first-order valence-electron chi connectivity index (χ1n) is 7.83. The third-order valence-corrected chi connectivity index (χ3v) is 4.16. The van der Waals surface area contributed by atoms with Crippen LogP contribution in [0.5, 0.6) is 0 Å². The topological polar surface area (TPSA) is 28.2 Å². The fourth-order valence-electron chi connectivity index (χ4n) is 2.88. The van der Waals surface area contributed by atoms with Crippen LogP contribution in [0, 0.1) is 0 Å². The van der Waals surface area contributed by atoms with Gasteiger partial charge < -0.3 is 10.2 Å². The maximum absolute atomic E-state index is 4.57. The number of pyridine rings is 1. The molecule has 0 amide bonds. The second kappa shape index (κ2) is 6.61. The highest BCUT2D eigenvalue weighted by atomic mass is 15.2. The molecule has 1 N–H and O–H groups in total. The van der Waals surface area contributed by atoms with E-state index in [9.17, 15) is 0 Å². The van der Waals surface area contributed by atoms with Gasteiger partial charge in [0.15, 0.2) is 5.82 Å². The second-order valence-electron chi connectivity index (χ2n) is 5.76. The molecule has 0 bridgehead atoms. The van der Waals surface area contributed by atoms with E-state index in [1.165, 1.54) is 18.4 Å². The van der Waals surface area contributed by atoms with Crippen LogP contribution in [0.25, 0.3) is 0 Å². The van der Waals surface area contributed by atoms with Crippen molar-refractivity contribution in [1.29, 1.82) is 0 Å². The first-order chi connectivity index (χ1) is 10.3. The van der Waals surface area contributed by atoms with Gasteiger partial charge in [0.2, 0.25) is 0 Å². The zero-order valence-electron chi connectivity index (χ0n) is 12.6. The Morgan fingerprint density at radius 2 is 1.86 bits per heavy atom. The predicted octanol–water partition coefficient (Wildman–Crippen LogP) is 3.90. The fraction of sp³-hybridized carbons (Fsp3) is 0.389. The Morgan fingerprint density at radius 3 is 2.62 bits per heavy atom. The molecule has 1 aliphatic rings. The van der Waals surface area contributed by atoms with Crippen molar-refractivity contribution in [3.63, 3.8) is 0 Å². The van der Waals surface area contributed by atoms with Crippen molar-refractivity contribution in [3.05, 3.63) is 54.2 Å². The Hall–Kier alpha value is -2.03. The molecule has 1 aromatic carbocycles. The van der Waals surface area contributed by atoms with E-state index in [0.717, 1.165) is 31.1 Å². The first-order valence-corrected chi connectivity index (χ1v) is 7.83. The van der Waals surface area contributed by atoms with Gasteiger partial charge in [-0.05, 0) is 36.5 Å². The molecule has 1 aromatic heterocycles. The highest BCUT2D eigenvalue weighted by Crippen LogP contribution is 2.27. The van der Waals surface area contributed by atoms with Crippen LogP contribution < -0.4 is 10.2 Å². The zero-order valence-corrected chi connectivity index (χ0v) is 12.6. The molecule has 1 unspecified atom stereocenters. The van der Waals surface area contributed by atoms with Crippen molar-refractivity contribution in [2.45, 2.75) is 25.7 Å². The molecule has 110 valence electrons. The lowest BCUT2D eigenvalue weighted by Crippen LogP contribution is -2.21. The number of hydrogen-bond acceptors (Lipinski definition) is 3. The van der Waals surface area contributed by atoms with Crippen molar-refractivity contribution in [2.24, 2.45) is 0 Å². The monoisotopic (exact) mass is 281 g/mol. The summed E-state index contributed by atoms with van der Waals surface area (Å²) in [6, 6.07) is 14.8. The summed E-state index contributed by atoms with van der Waals surface area (Å²) < 4.78 is 0. The lowest BCUT2D eigenvalue weighted by molar-refractivity contribution is 0.802. The summed E-state index contributed by atoms with van der Waals surface area (Å²) in [5.41, 5.74) is 2.53. The average molecular weight is 281 g/mol. The van der Waals surface area contributed by atoms with Crippen molar-refractivity contribution < 1.29 is 0 Å². The number of rotatable bonds is 5. The molecule has 1 atom stereocenters. The number of nitrogens with one attached hydrogen (secondary N) is 1. The van der Waals surface area contributed by atoms with Gasteiger partial charge in [-0.2, -0.15) is 0 Å². The molecule has 3 heteroatoms. The summed E-state index contributed by atoms with van der Waals surface area (Å²) in [7, 11) is 0. The Kier molecular flexibility index (Phi) is 4.39. The fourth-order valence-corrected chi connectivity index (χ4v) is 2.88. The molecule has 3 rings (SSSR count). The van der Waals surface area contributed by atoms with Gasteiger partial charge >= 0.3 is 0 Å². The molecule has 1 saturated heterocycles. The molecule has 2 heterocycles. The zero-order chi connectivity index (χ0) is 14.5. The molecular formula is C18H23N3. The molecule has 1 aliphatic heterocycles. The standard InChI is InChI=1S/C18H23N3/c1-15(16-8-3-2-4-9-16)14-20-17-10-7-11-19-18(17)21-12-5-6-13-21/h2-4,7-11,15,20H,5-6,12-14H2,1H3. The summed E-state index contributed by atoms with van der Waals surface area (Å²) in [6.07, 6.45) is 4.44. The lowest BCUT2D eigenvalue weighted by Gasteiger charge is -2.21. The van der Waals surface area contributed by atoms with Crippen LogP contribution in [0.4, 0.5) is 11.5 Å². The summed E-state index contributed by atoms with van der Waals surface area (Å²) >= 11 is 0. The van der Waals surface area contributed by atoms with E-state index in [2.05, 4.69) is 58.5 Å². The van der Waals surface area contributed by atoms with Gasteiger partial charge in [0.05, 0.1) is 5.69 Å². The maximum atomic E-state index is 4.57. The van der Waals surface area contributed by atoms with Crippen LogP contribution in [0.3, 0.4) is 0 Å². The first kappa shape index (κ1) is 13.9. The third-order valence-electron chi connectivity index (χ3n) is 4.16. The van der Waals surface area contributed by atoms with E-state index in [0.29, 0.717) is 5.92 Å². The summed E-state index contributed by atoms with van der Waals surface area (Å²) in [5.74, 6) is 1.59. The third kappa shape index (κ3) is 3.35. The number of benzene rings is 1. The van der Waals surface area contributed by atoms with E-state index in [-0.39, 0.29) is 0 Å². The summed E-state index contributed by atoms with van der Waals surface area (Å²) in [4.78, 5) is 6.96. The van der Waals surface area contributed by atoms with Gasteiger partial charge in [-0.3, -0.25) is 0 Å². The Morgan fingerprint density at radius 1 is 1.10 bits per heavy atom. The number of anilines is 2. The predicted molar refractivity (Wildman–Crippen MR) is 89.0 cm³/mol. The van der Waals surface area contributed by atoms with Crippen LogP contribution in [0.2, 0.25) is 0 Å². The minimum Gasteiger partial charge on any atom is -0.381 e. The molecule has 0 radical (unpaired) electrons. The Labute approximate surface area is 127 Å². The van der Waals surface area contributed by atoms with E-state index >= 15 is 0 Å². The van der Waals surface area contributed by atoms with E-state index in [4.69, 9.17) is 0 Å². The van der Waals surface area contributed by atoms with Crippen LogP contribution >= 0.6 is 0 Å². The largest absolute Gasteiger partial charge is 0.381 e.